The highest BCUT2D eigenvalue weighted by molar-refractivity contribution is 5.71. The zero-order chi connectivity index (χ0) is 51.4. The molecule has 0 saturated heterocycles. The van der Waals surface area contributed by atoms with E-state index >= 15 is 0 Å². The molecule has 1 unspecified atom stereocenters. The topological polar surface area (TPSA) is 78.9 Å². The van der Waals surface area contributed by atoms with Gasteiger partial charge >= 0.3 is 17.9 Å². The van der Waals surface area contributed by atoms with Gasteiger partial charge in [-0.2, -0.15) is 0 Å². The number of hydrogen-bond acceptors (Lipinski definition) is 6. The van der Waals surface area contributed by atoms with Crippen LogP contribution < -0.4 is 0 Å². The Kier molecular flexibility index (Phi) is 54.5. The SMILES string of the molecule is CC/C=C\C/C=C\C/C=C\C/C=C\CCCCCCCCC(=O)OCC(COC(=O)CCCCC/C=C\C=C/CCCCCCCCC)OC(=O)CCCCCCC\C=C/C=C\C=C/C=C\C=C/CCC. The van der Waals surface area contributed by atoms with E-state index in [1.165, 1.54) is 64.2 Å². The van der Waals surface area contributed by atoms with Crippen LogP contribution >= 0.6 is 0 Å². The Morgan fingerprint density at radius 2 is 0.634 bits per heavy atom. The molecular formula is C65H104O6. The summed E-state index contributed by atoms with van der Waals surface area (Å²) in [5, 5.41) is 0. The minimum atomic E-state index is -0.815. The molecular weight excluding hydrogens is 877 g/mol. The molecule has 400 valence electrons. The highest BCUT2D eigenvalue weighted by Gasteiger charge is 2.19. The van der Waals surface area contributed by atoms with E-state index in [4.69, 9.17) is 14.2 Å². The first-order valence-corrected chi connectivity index (χ1v) is 28.8. The highest BCUT2D eigenvalue weighted by atomic mass is 16.6. The molecule has 0 aromatic carbocycles. The molecule has 0 saturated carbocycles. The number of allylic oxidation sites excluding steroid dienone is 22. The monoisotopic (exact) mass is 981 g/mol. The summed E-state index contributed by atoms with van der Waals surface area (Å²) in [6.45, 7) is 6.37. The van der Waals surface area contributed by atoms with Crippen LogP contribution in [0.3, 0.4) is 0 Å². The van der Waals surface area contributed by atoms with Crippen LogP contribution in [0.25, 0.3) is 0 Å². The summed E-state index contributed by atoms with van der Waals surface area (Å²) >= 11 is 0. The van der Waals surface area contributed by atoms with Gasteiger partial charge in [0.1, 0.15) is 13.2 Å². The van der Waals surface area contributed by atoms with E-state index in [0.717, 1.165) is 135 Å². The Bertz CT molecular complexity index is 1550. The van der Waals surface area contributed by atoms with Crippen LogP contribution in [-0.4, -0.2) is 37.2 Å². The second-order valence-corrected chi connectivity index (χ2v) is 18.6. The maximum atomic E-state index is 12.9. The summed E-state index contributed by atoms with van der Waals surface area (Å²) in [6, 6.07) is 0. The normalized spacial score (nSPS) is 13.1. The van der Waals surface area contributed by atoms with Gasteiger partial charge in [0.25, 0.3) is 0 Å². The maximum absolute atomic E-state index is 12.9. The number of esters is 3. The van der Waals surface area contributed by atoms with Crippen molar-refractivity contribution in [1.29, 1.82) is 0 Å². The Morgan fingerprint density at radius 1 is 0.310 bits per heavy atom. The van der Waals surface area contributed by atoms with Gasteiger partial charge in [-0.1, -0.05) is 251 Å². The third kappa shape index (κ3) is 56.3. The average Bonchev–Trinajstić information content (AvgIpc) is 3.37. The number of rotatable bonds is 50. The van der Waals surface area contributed by atoms with E-state index in [1.54, 1.807) is 0 Å². The predicted octanol–water partition coefficient (Wildman–Crippen LogP) is 19.4. The highest BCUT2D eigenvalue weighted by Crippen LogP contribution is 2.13. The summed E-state index contributed by atoms with van der Waals surface area (Å²) in [6.07, 6.45) is 81.4. The summed E-state index contributed by atoms with van der Waals surface area (Å²) in [7, 11) is 0. The predicted molar refractivity (Wildman–Crippen MR) is 306 cm³/mol. The van der Waals surface area contributed by atoms with E-state index < -0.39 is 6.10 Å². The van der Waals surface area contributed by atoms with Crippen LogP contribution in [0.5, 0.6) is 0 Å². The molecule has 0 heterocycles. The zero-order valence-corrected chi connectivity index (χ0v) is 45.7. The molecule has 6 nitrogen and oxygen atoms in total. The summed E-state index contributed by atoms with van der Waals surface area (Å²) in [5.74, 6) is -0.978. The Hall–Kier alpha value is -4.45. The van der Waals surface area contributed by atoms with Crippen molar-refractivity contribution in [2.24, 2.45) is 0 Å². The minimum Gasteiger partial charge on any atom is -0.462 e. The van der Waals surface area contributed by atoms with Crippen molar-refractivity contribution in [3.63, 3.8) is 0 Å². The number of carbonyl (C=O) groups excluding carboxylic acids is 3. The van der Waals surface area contributed by atoms with Crippen molar-refractivity contribution < 1.29 is 28.6 Å². The van der Waals surface area contributed by atoms with Crippen LogP contribution in [0.2, 0.25) is 0 Å². The lowest BCUT2D eigenvalue weighted by Gasteiger charge is -2.18. The summed E-state index contributed by atoms with van der Waals surface area (Å²) in [4.78, 5) is 38.2. The van der Waals surface area contributed by atoms with Crippen molar-refractivity contribution in [2.75, 3.05) is 13.2 Å². The van der Waals surface area contributed by atoms with E-state index in [-0.39, 0.29) is 37.5 Å². The fraction of sp³-hybridized carbons (Fsp3) is 0.615. The molecule has 0 aromatic rings. The van der Waals surface area contributed by atoms with Crippen LogP contribution in [0.15, 0.2) is 134 Å². The van der Waals surface area contributed by atoms with Crippen molar-refractivity contribution in [2.45, 2.75) is 245 Å². The second-order valence-electron chi connectivity index (χ2n) is 18.6. The Morgan fingerprint density at radius 3 is 1.07 bits per heavy atom. The van der Waals surface area contributed by atoms with E-state index in [2.05, 4.69) is 130 Å². The van der Waals surface area contributed by atoms with Crippen molar-refractivity contribution in [3.8, 4) is 0 Å². The molecule has 0 aromatic heterocycles. The molecule has 1 atom stereocenters. The lowest BCUT2D eigenvalue weighted by molar-refractivity contribution is -0.167. The summed E-state index contributed by atoms with van der Waals surface area (Å²) < 4.78 is 16.8. The van der Waals surface area contributed by atoms with Crippen molar-refractivity contribution in [1.82, 2.24) is 0 Å². The van der Waals surface area contributed by atoms with Gasteiger partial charge in [0.2, 0.25) is 0 Å². The van der Waals surface area contributed by atoms with Gasteiger partial charge in [0.05, 0.1) is 0 Å². The zero-order valence-electron chi connectivity index (χ0n) is 45.7. The van der Waals surface area contributed by atoms with Crippen LogP contribution in [0, 0.1) is 0 Å². The van der Waals surface area contributed by atoms with E-state index in [9.17, 15) is 14.4 Å². The summed E-state index contributed by atoms with van der Waals surface area (Å²) in [5.41, 5.74) is 0. The molecule has 0 rings (SSSR count). The van der Waals surface area contributed by atoms with Crippen molar-refractivity contribution >= 4 is 17.9 Å². The fourth-order valence-corrected chi connectivity index (χ4v) is 7.45. The number of unbranched alkanes of at least 4 members (excludes halogenated alkanes) is 22. The molecule has 6 heteroatoms. The second kappa shape index (κ2) is 58.1. The third-order valence-corrected chi connectivity index (χ3v) is 11.7. The van der Waals surface area contributed by atoms with Gasteiger partial charge in [0.15, 0.2) is 6.10 Å². The molecule has 0 spiro atoms. The van der Waals surface area contributed by atoms with Crippen LogP contribution in [0.1, 0.15) is 239 Å². The van der Waals surface area contributed by atoms with E-state index in [1.807, 2.05) is 24.3 Å². The molecule has 71 heavy (non-hydrogen) atoms. The molecule has 0 aliphatic rings. The quantitative estimate of drug-likeness (QED) is 0.0199. The molecule has 0 aliphatic heterocycles. The molecule has 0 bridgehead atoms. The standard InChI is InChI=1S/C65H104O6/c1-4-7-10-13-16-19-22-25-28-31-33-35-37-40-43-46-49-52-55-58-64(67)70-61-62(60-69-63(66)57-54-51-48-45-42-39-36-30-27-24-21-18-15-12-9-6-3)71-65(68)59-56-53-50-47-44-41-38-34-32-29-26-23-20-17-14-11-8-5-2/h7,10-11,14,16-17,19-20,23,25-26,28-30,32-36,38-39,42,62H,4-6,8-9,12-13,15,18,21-22,24,27,31,37,40-41,43-61H2,1-3H3/b10-7-,14-11-,19-16-,20-17-,26-23-,28-25-,32-29-,35-33-,36-30-,38-34-,42-39-. The number of ether oxygens (including phenoxy) is 3. The van der Waals surface area contributed by atoms with Gasteiger partial charge in [-0.05, 0) is 103 Å². The lowest BCUT2D eigenvalue weighted by Crippen LogP contribution is -2.30. The fourth-order valence-electron chi connectivity index (χ4n) is 7.45. The molecule has 0 aliphatic carbocycles. The number of hydrogen-bond donors (Lipinski definition) is 0. The largest absolute Gasteiger partial charge is 0.462 e. The molecule has 0 fully saturated rings. The smallest absolute Gasteiger partial charge is 0.306 e. The first-order chi connectivity index (χ1) is 35.0. The van der Waals surface area contributed by atoms with Gasteiger partial charge in [0, 0.05) is 19.3 Å². The third-order valence-electron chi connectivity index (χ3n) is 11.7. The average molecular weight is 982 g/mol. The van der Waals surface area contributed by atoms with Crippen LogP contribution in [-0.2, 0) is 28.6 Å². The van der Waals surface area contributed by atoms with Gasteiger partial charge in [-0.3, -0.25) is 14.4 Å². The lowest BCUT2D eigenvalue weighted by atomic mass is 10.1. The molecule has 0 amide bonds. The number of carbonyl (C=O) groups is 3. The van der Waals surface area contributed by atoms with Gasteiger partial charge < -0.3 is 14.2 Å². The van der Waals surface area contributed by atoms with Gasteiger partial charge in [-0.25, -0.2) is 0 Å². The maximum Gasteiger partial charge on any atom is 0.306 e. The first-order valence-electron chi connectivity index (χ1n) is 28.8. The molecule has 0 N–H and O–H groups in total. The first kappa shape index (κ1) is 66.6. The van der Waals surface area contributed by atoms with Crippen molar-refractivity contribution in [3.05, 3.63) is 134 Å². The Balaban J connectivity index is 4.54. The van der Waals surface area contributed by atoms with E-state index in [0.29, 0.717) is 12.8 Å². The molecule has 0 radical (unpaired) electrons. The Labute approximate surface area is 436 Å². The van der Waals surface area contributed by atoms with Gasteiger partial charge in [-0.15, -0.1) is 0 Å². The van der Waals surface area contributed by atoms with Crippen LogP contribution in [0.4, 0.5) is 0 Å². The minimum absolute atomic E-state index is 0.109.